The first-order valence-electron chi connectivity index (χ1n) is 5.81. The molecule has 1 aromatic heterocycles. The van der Waals surface area contributed by atoms with E-state index in [2.05, 4.69) is 10.1 Å². The van der Waals surface area contributed by atoms with Crippen molar-refractivity contribution in [1.82, 2.24) is 10.1 Å². The summed E-state index contributed by atoms with van der Waals surface area (Å²) < 4.78 is 23.9. The van der Waals surface area contributed by atoms with E-state index in [9.17, 15) is 4.39 Å². The second-order valence-electron chi connectivity index (χ2n) is 3.83. The molecule has 1 unspecified atom stereocenters. The van der Waals surface area contributed by atoms with Gasteiger partial charge in [0.25, 0.3) is 5.89 Å². The molecule has 1 atom stereocenters. The molecule has 0 spiro atoms. The van der Waals surface area contributed by atoms with Crippen LogP contribution in [0.15, 0.2) is 22.7 Å². The van der Waals surface area contributed by atoms with Gasteiger partial charge in [0, 0.05) is 6.61 Å². The lowest BCUT2D eigenvalue weighted by Gasteiger charge is -2.04. The molecule has 19 heavy (non-hydrogen) atoms. The molecule has 0 fully saturated rings. The first-order valence-corrected chi connectivity index (χ1v) is 5.81. The number of ether oxygens (including phenoxy) is 1. The van der Waals surface area contributed by atoms with E-state index in [4.69, 9.17) is 14.5 Å². The van der Waals surface area contributed by atoms with E-state index in [1.807, 2.05) is 6.92 Å². The average molecular weight is 261 g/mol. The number of nitrogens with zero attached hydrogens (tertiary/aromatic N) is 3. The van der Waals surface area contributed by atoms with Crippen LogP contribution in [0.2, 0.25) is 0 Å². The van der Waals surface area contributed by atoms with Gasteiger partial charge in [-0.3, -0.25) is 0 Å². The standard InChI is InChI=1S/C13H12FN3O2/c1-3-18-8(2)12-16-13(19-17-12)9-5-4-6-11(14)10(9)7-15/h4-6,8H,3H2,1-2H3. The number of halogens is 1. The lowest BCUT2D eigenvalue weighted by Crippen LogP contribution is -2.01. The van der Waals surface area contributed by atoms with Gasteiger partial charge < -0.3 is 9.26 Å². The number of rotatable bonds is 4. The topological polar surface area (TPSA) is 71.9 Å². The van der Waals surface area contributed by atoms with Crippen molar-refractivity contribution in [3.05, 3.63) is 35.4 Å². The minimum absolute atomic E-state index is 0.109. The molecular weight excluding hydrogens is 249 g/mol. The summed E-state index contributed by atoms with van der Waals surface area (Å²) in [6, 6.07) is 6.05. The summed E-state index contributed by atoms with van der Waals surface area (Å²) in [4.78, 5) is 4.13. The van der Waals surface area contributed by atoms with Crippen molar-refractivity contribution in [3.8, 4) is 17.5 Å². The Morgan fingerprint density at radius 2 is 2.32 bits per heavy atom. The fraction of sp³-hybridized carbons (Fsp3) is 0.308. The predicted octanol–water partition coefficient (Wildman–Crippen LogP) is 2.84. The molecule has 0 aliphatic carbocycles. The molecule has 0 saturated carbocycles. The van der Waals surface area contributed by atoms with Crippen molar-refractivity contribution in [2.75, 3.05) is 6.61 Å². The summed E-state index contributed by atoms with van der Waals surface area (Å²) >= 11 is 0. The molecule has 0 aliphatic heterocycles. The van der Waals surface area contributed by atoms with E-state index < -0.39 is 5.82 Å². The summed E-state index contributed by atoms with van der Waals surface area (Å²) in [5, 5.41) is 12.7. The van der Waals surface area contributed by atoms with Crippen molar-refractivity contribution in [1.29, 1.82) is 5.26 Å². The molecule has 2 aromatic rings. The van der Waals surface area contributed by atoms with E-state index in [1.54, 1.807) is 19.1 Å². The van der Waals surface area contributed by atoms with E-state index in [0.717, 1.165) is 0 Å². The molecule has 0 amide bonds. The summed E-state index contributed by atoms with van der Waals surface area (Å²) in [6.45, 7) is 4.17. The monoisotopic (exact) mass is 261 g/mol. The summed E-state index contributed by atoms with van der Waals surface area (Å²) in [6.07, 6.45) is -0.318. The summed E-state index contributed by atoms with van der Waals surface area (Å²) in [5.41, 5.74) is 0.173. The summed E-state index contributed by atoms with van der Waals surface area (Å²) in [5.74, 6) is -0.139. The maximum atomic E-state index is 13.5. The fourth-order valence-electron chi connectivity index (χ4n) is 1.65. The number of hydrogen-bond acceptors (Lipinski definition) is 5. The molecule has 0 bridgehead atoms. The Bertz CT molecular complexity index is 619. The smallest absolute Gasteiger partial charge is 0.259 e. The highest BCUT2D eigenvalue weighted by atomic mass is 19.1. The van der Waals surface area contributed by atoms with Crippen LogP contribution >= 0.6 is 0 Å². The van der Waals surface area contributed by atoms with Gasteiger partial charge in [0.2, 0.25) is 5.82 Å². The zero-order valence-corrected chi connectivity index (χ0v) is 10.6. The Labute approximate surface area is 109 Å². The zero-order valence-electron chi connectivity index (χ0n) is 10.6. The van der Waals surface area contributed by atoms with E-state index >= 15 is 0 Å². The normalized spacial score (nSPS) is 12.1. The van der Waals surface area contributed by atoms with Crippen LogP contribution in [0, 0.1) is 17.1 Å². The molecule has 0 radical (unpaired) electrons. The fourth-order valence-corrected chi connectivity index (χ4v) is 1.65. The second kappa shape index (κ2) is 5.59. The molecule has 1 heterocycles. The largest absolute Gasteiger partial charge is 0.371 e. The van der Waals surface area contributed by atoms with Crippen molar-refractivity contribution >= 4 is 0 Å². The maximum Gasteiger partial charge on any atom is 0.259 e. The van der Waals surface area contributed by atoms with E-state index in [1.165, 1.54) is 12.1 Å². The SMILES string of the molecule is CCOC(C)c1noc(-c2cccc(F)c2C#N)n1. The van der Waals surface area contributed by atoms with Crippen LogP contribution in [0.25, 0.3) is 11.5 Å². The minimum atomic E-state index is -0.613. The highest BCUT2D eigenvalue weighted by Crippen LogP contribution is 2.25. The third-order valence-corrected chi connectivity index (χ3v) is 2.58. The number of hydrogen-bond donors (Lipinski definition) is 0. The van der Waals surface area contributed by atoms with Crippen molar-refractivity contribution in [3.63, 3.8) is 0 Å². The number of nitriles is 1. The lowest BCUT2D eigenvalue weighted by molar-refractivity contribution is 0.0683. The molecule has 5 nitrogen and oxygen atoms in total. The minimum Gasteiger partial charge on any atom is -0.371 e. The molecule has 0 N–H and O–H groups in total. The molecule has 1 aromatic carbocycles. The highest BCUT2D eigenvalue weighted by Gasteiger charge is 2.18. The van der Waals surface area contributed by atoms with Crippen molar-refractivity contribution < 1.29 is 13.7 Å². The van der Waals surface area contributed by atoms with Crippen LogP contribution in [0.4, 0.5) is 4.39 Å². The molecular formula is C13H12FN3O2. The van der Waals surface area contributed by atoms with Gasteiger partial charge >= 0.3 is 0 Å². The molecule has 6 heteroatoms. The first kappa shape index (κ1) is 13.2. The second-order valence-corrected chi connectivity index (χ2v) is 3.83. The van der Waals surface area contributed by atoms with Crippen LogP contribution in [0.3, 0.4) is 0 Å². The molecule has 0 saturated heterocycles. The van der Waals surface area contributed by atoms with Crippen molar-refractivity contribution in [2.45, 2.75) is 20.0 Å². The third-order valence-electron chi connectivity index (χ3n) is 2.58. The van der Waals surface area contributed by atoms with Crippen LogP contribution in [0.5, 0.6) is 0 Å². The Kier molecular flexibility index (Phi) is 3.88. The molecule has 98 valence electrons. The van der Waals surface area contributed by atoms with Crippen molar-refractivity contribution in [2.24, 2.45) is 0 Å². The Morgan fingerprint density at radius 3 is 3.00 bits per heavy atom. The Morgan fingerprint density at radius 1 is 1.53 bits per heavy atom. The molecule has 2 rings (SSSR count). The number of benzene rings is 1. The van der Waals surface area contributed by atoms with Gasteiger partial charge in [0.05, 0.1) is 5.56 Å². The van der Waals surface area contributed by atoms with Gasteiger partial charge in [0.1, 0.15) is 23.6 Å². The van der Waals surface area contributed by atoms with Gasteiger partial charge in [0.15, 0.2) is 0 Å². The summed E-state index contributed by atoms with van der Waals surface area (Å²) in [7, 11) is 0. The highest BCUT2D eigenvalue weighted by molar-refractivity contribution is 5.63. The van der Waals surface area contributed by atoms with Gasteiger partial charge in [-0.15, -0.1) is 0 Å². The number of aromatic nitrogens is 2. The van der Waals surface area contributed by atoms with Gasteiger partial charge in [-0.25, -0.2) is 4.39 Å². The van der Waals surface area contributed by atoms with Crippen LogP contribution in [0.1, 0.15) is 31.3 Å². The predicted molar refractivity (Wildman–Crippen MR) is 64.4 cm³/mol. The first-order chi connectivity index (χ1) is 9.17. The Hall–Kier alpha value is -2.26. The van der Waals surface area contributed by atoms with E-state index in [-0.39, 0.29) is 23.1 Å². The lowest BCUT2D eigenvalue weighted by atomic mass is 10.1. The average Bonchev–Trinajstić information content (AvgIpc) is 2.88. The van der Waals surface area contributed by atoms with Gasteiger partial charge in [-0.1, -0.05) is 11.2 Å². The van der Waals surface area contributed by atoms with Gasteiger partial charge in [-0.05, 0) is 26.0 Å². The Balaban J connectivity index is 2.39. The zero-order chi connectivity index (χ0) is 13.8. The van der Waals surface area contributed by atoms with Gasteiger partial charge in [-0.2, -0.15) is 10.2 Å². The van der Waals surface area contributed by atoms with Crippen LogP contribution < -0.4 is 0 Å². The van der Waals surface area contributed by atoms with Crippen LogP contribution in [-0.4, -0.2) is 16.7 Å². The molecule has 0 aliphatic rings. The quantitative estimate of drug-likeness (QED) is 0.846. The third kappa shape index (κ3) is 2.61. The van der Waals surface area contributed by atoms with E-state index in [0.29, 0.717) is 12.4 Å². The maximum absolute atomic E-state index is 13.5. The van der Waals surface area contributed by atoms with Crippen LogP contribution in [-0.2, 0) is 4.74 Å².